The topological polar surface area (TPSA) is 32.8 Å². The lowest BCUT2D eigenvalue weighted by Gasteiger charge is -2.33. The van der Waals surface area contributed by atoms with E-state index < -0.39 is 0 Å². The van der Waals surface area contributed by atoms with Crippen LogP contribution in [0.3, 0.4) is 0 Å². The van der Waals surface area contributed by atoms with E-state index in [0.29, 0.717) is 6.54 Å². The molecule has 1 fully saturated rings. The monoisotopic (exact) mass is 432 g/mol. The summed E-state index contributed by atoms with van der Waals surface area (Å²) in [6.45, 7) is 7.15. The highest BCUT2D eigenvalue weighted by Gasteiger charge is 2.26. The molecule has 2 aliphatic rings. The van der Waals surface area contributed by atoms with Gasteiger partial charge in [0, 0.05) is 25.3 Å². The predicted molar refractivity (Wildman–Crippen MR) is 132 cm³/mol. The number of piperidine rings is 1. The highest BCUT2D eigenvalue weighted by molar-refractivity contribution is 6.00. The minimum Gasteiger partial charge on any atom is -0.381 e. The third-order valence-corrected chi connectivity index (χ3v) is 6.66. The summed E-state index contributed by atoms with van der Waals surface area (Å²) in [5.41, 5.74) is 4.62. The molecular weight excluding hydrogens is 396 g/mol. The van der Waals surface area contributed by atoms with Crippen molar-refractivity contribution in [1.82, 2.24) is 4.90 Å². The first-order chi connectivity index (χ1) is 15.8. The Morgan fingerprint density at radius 2 is 1.72 bits per heavy atom. The summed E-state index contributed by atoms with van der Waals surface area (Å²) < 4.78 is 5.66. The SMILES string of the molecule is CCCOCCC1CCN(CC(=O)N2CCC=C(c3ccccc3)c3ccccc32)CC1. The van der Waals surface area contributed by atoms with E-state index in [9.17, 15) is 4.79 Å². The maximum absolute atomic E-state index is 13.4. The van der Waals surface area contributed by atoms with Crippen LogP contribution in [0.2, 0.25) is 0 Å². The second-order valence-corrected chi connectivity index (χ2v) is 8.96. The van der Waals surface area contributed by atoms with Crippen LogP contribution < -0.4 is 4.90 Å². The number of carbonyl (C=O) groups excluding carboxylic acids is 1. The molecule has 0 unspecified atom stereocenters. The van der Waals surface area contributed by atoms with Crippen molar-refractivity contribution in [3.8, 4) is 0 Å². The highest BCUT2D eigenvalue weighted by atomic mass is 16.5. The Balaban J connectivity index is 1.38. The van der Waals surface area contributed by atoms with Crippen molar-refractivity contribution in [1.29, 1.82) is 0 Å². The van der Waals surface area contributed by atoms with E-state index in [1.807, 2.05) is 17.0 Å². The van der Waals surface area contributed by atoms with Gasteiger partial charge in [0.05, 0.1) is 12.2 Å². The van der Waals surface area contributed by atoms with Gasteiger partial charge in [-0.25, -0.2) is 0 Å². The molecule has 0 atom stereocenters. The Bertz CT molecular complexity index is 901. The molecule has 4 nitrogen and oxygen atoms in total. The molecule has 1 saturated heterocycles. The summed E-state index contributed by atoms with van der Waals surface area (Å²) in [6.07, 6.45) is 7.72. The van der Waals surface area contributed by atoms with Crippen molar-refractivity contribution in [3.05, 3.63) is 71.8 Å². The highest BCUT2D eigenvalue weighted by Crippen LogP contribution is 2.34. The molecule has 0 radical (unpaired) electrons. The molecule has 0 saturated carbocycles. The first kappa shape index (κ1) is 22.8. The van der Waals surface area contributed by atoms with Gasteiger partial charge < -0.3 is 9.64 Å². The summed E-state index contributed by atoms with van der Waals surface area (Å²) in [6, 6.07) is 18.8. The predicted octanol–water partition coefficient (Wildman–Crippen LogP) is 5.38. The molecule has 0 spiro atoms. The quantitative estimate of drug-likeness (QED) is 0.525. The first-order valence-corrected chi connectivity index (χ1v) is 12.2. The van der Waals surface area contributed by atoms with E-state index in [-0.39, 0.29) is 5.91 Å². The third kappa shape index (κ3) is 5.67. The largest absolute Gasteiger partial charge is 0.381 e. The number of ether oxygens (including phenoxy) is 1. The molecule has 0 aromatic heterocycles. The number of para-hydroxylation sites is 1. The maximum atomic E-state index is 13.4. The molecule has 0 aliphatic carbocycles. The molecule has 2 aliphatic heterocycles. The molecular formula is C28H36N2O2. The zero-order valence-electron chi connectivity index (χ0n) is 19.3. The average Bonchev–Trinajstić information content (AvgIpc) is 3.03. The summed E-state index contributed by atoms with van der Waals surface area (Å²) in [5.74, 6) is 0.944. The number of rotatable bonds is 8. The van der Waals surface area contributed by atoms with Gasteiger partial charge in [-0.3, -0.25) is 9.69 Å². The van der Waals surface area contributed by atoms with E-state index in [1.165, 1.54) is 24.0 Å². The maximum Gasteiger partial charge on any atom is 0.241 e. The summed E-state index contributed by atoms with van der Waals surface area (Å²) in [7, 11) is 0. The lowest BCUT2D eigenvalue weighted by Crippen LogP contribution is -2.44. The van der Waals surface area contributed by atoms with Crippen molar-refractivity contribution >= 4 is 17.2 Å². The van der Waals surface area contributed by atoms with Gasteiger partial charge >= 0.3 is 0 Å². The van der Waals surface area contributed by atoms with Gasteiger partial charge in [-0.05, 0) is 68.3 Å². The van der Waals surface area contributed by atoms with Crippen LogP contribution in [-0.2, 0) is 9.53 Å². The van der Waals surface area contributed by atoms with Crippen LogP contribution in [0.5, 0.6) is 0 Å². The van der Waals surface area contributed by atoms with Crippen molar-refractivity contribution < 1.29 is 9.53 Å². The molecule has 1 amide bonds. The van der Waals surface area contributed by atoms with Crippen molar-refractivity contribution in [2.24, 2.45) is 5.92 Å². The molecule has 170 valence electrons. The Labute approximate surface area is 192 Å². The second kappa shape index (κ2) is 11.4. The van der Waals surface area contributed by atoms with Gasteiger partial charge in [-0.1, -0.05) is 61.5 Å². The number of nitrogens with zero attached hydrogens (tertiary/aromatic N) is 2. The normalized spacial score (nSPS) is 17.5. The number of carbonyl (C=O) groups is 1. The van der Waals surface area contributed by atoms with Crippen LogP contribution in [0.25, 0.3) is 5.57 Å². The van der Waals surface area contributed by atoms with Crippen LogP contribution in [0.1, 0.15) is 50.2 Å². The second-order valence-electron chi connectivity index (χ2n) is 8.96. The van der Waals surface area contributed by atoms with Gasteiger partial charge in [0.2, 0.25) is 5.91 Å². The Hall–Kier alpha value is -2.43. The van der Waals surface area contributed by atoms with Crippen LogP contribution in [0.15, 0.2) is 60.7 Å². The Kier molecular flexibility index (Phi) is 8.13. The number of hydrogen-bond acceptors (Lipinski definition) is 3. The van der Waals surface area contributed by atoms with E-state index >= 15 is 0 Å². The lowest BCUT2D eigenvalue weighted by atomic mass is 9.94. The van der Waals surface area contributed by atoms with E-state index in [2.05, 4.69) is 60.4 Å². The standard InChI is InChI=1S/C28H36N2O2/c1-2-20-32-21-16-23-14-18-29(19-15-23)22-28(31)30-17-8-12-25(24-9-4-3-5-10-24)26-11-6-7-13-27(26)30/h3-7,9-13,23H,2,8,14-22H2,1H3. The lowest BCUT2D eigenvalue weighted by molar-refractivity contribution is -0.120. The van der Waals surface area contributed by atoms with Crippen LogP contribution in [-0.4, -0.2) is 50.2 Å². The van der Waals surface area contributed by atoms with Gasteiger partial charge in [0.25, 0.3) is 0 Å². The smallest absolute Gasteiger partial charge is 0.241 e. The van der Waals surface area contributed by atoms with Crippen LogP contribution in [0.4, 0.5) is 5.69 Å². The fourth-order valence-corrected chi connectivity index (χ4v) is 4.86. The van der Waals surface area contributed by atoms with E-state index in [0.717, 1.165) is 69.3 Å². The molecule has 2 aromatic carbocycles. The molecule has 0 N–H and O–H groups in total. The number of amides is 1. The first-order valence-electron chi connectivity index (χ1n) is 12.2. The molecule has 2 aromatic rings. The zero-order valence-corrected chi connectivity index (χ0v) is 19.3. The molecule has 0 bridgehead atoms. The van der Waals surface area contributed by atoms with Crippen molar-refractivity contribution in [2.45, 2.75) is 39.0 Å². The minimum absolute atomic E-state index is 0.213. The zero-order chi connectivity index (χ0) is 22.2. The fraction of sp³-hybridized carbons (Fsp3) is 0.464. The fourth-order valence-electron chi connectivity index (χ4n) is 4.86. The van der Waals surface area contributed by atoms with Gasteiger partial charge in [0.15, 0.2) is 0 Å². The summed E-state index contributed by atoms with van der Waals surface area (Å²) in [5, 5.41) is 0. The number of fused-ring (bicyclic) bond motifs is 1. The van der Waals surface area contributed by atoms with Crippen LogP contribution >= 0.6 is 0 Å². The van der Waals surface area contributed by atoms with Gasteiger partial charge in [-0.15, -0.1) is 0 Å². The Morgan fingerprint density at radius 1 is 0.969 bits per heavy atom. The number of benzene rings is 2. The molecule has 4 heteroatoms. The average molecular weight is 433 g/mol. The third-order valence-electron chi connectivity index (χ3n) is 6.66. The van der Waals surface area contributed by atoms with E-state index in [1.54, 1.807) is 0 Å². The molecule has 32 heavy (non-hydrogen) atoms. The summed E-state index contributed by atoms with van der Waals surface area (Å²) >= 11 is 0. The summed E-state index contributed by atoms with van der Waals surface area (Å²) in [4.78, 5) is 17.7. The van der Waals surface area contributed by atoms with Crippen molar-refractivity contribution in [3.63, 3.8) is 0 Å². The minimum atomic E-state index is 0.213. The number of hydrogen-bond donors (Lipinski definition) is 0. The Morgan fingerprint density at radius 3 is 2.50 bits per heavy atom. The number of anilines is 1. The van der Waals surface area contributed by atoms with Gasteiger partial charge in [-0.2, -0.15) is 0 Å². The van der Waals surface area contributed by atoms with Crippen LogP contribution in [0, 0.1) is 5.92 Å². The molecule has 4 rings (SSSR count). The molecule has 2 heterocycles. The van der Waals surface area contributed by atoms with E-state index in [4.69, 9.17) is 4.74 Å². The number of likely N-dealkylation sites (tertiary alicyclic amines) is 1. The van der Waals surface area contributed by atoms with Gasteiger partial charge in [0.1, 0.15) is 0 Å². The van der Waals surface area contributed by atoms with Crippen molar-refractivity contribution in [2.75, 3.05) is 44.3 Å².